The molecular weight excluding hydrogens is 306 g/mol. The monoisotopic (exact) mass is 315 g/mol. The van der Waals surface area contributed by atoms with Gasteiger partial charge in [0.2, 0.25) is 11.8 Å². The molecule has 90 valence electrons. The molecule has 0 N–H and O–H groups in total. The van der Waals surface area contributed by atoms with Crippen LogP contribution in [-0.4, -0.2) is 27.0 Å². The van der Waals surface area contributed by atoms with Crippen molar-refractivity contribution in [2.45, 2.75) is 12.2 Å². The van der Waals surface area contributed by atoms with Crippen LogP contribution >= 0.6 is 15.9 Å². The highest BCUT2D eigenvalue weighted by molar-refractivity contribution is 9.10. The van der Waals surface area contributed by atoms with Crippen molar-refractivity contribution in [3.63, 3.8) is 0 Å². The van der Waals surface area contributed by atoms with Gasteiger partial charge in [0.25, 0.3) is 0 Å². The van der Waals surface area contributed by atoms with Gasteiger partial charge in [0, 0.05) is 15.3 Å². The number of benzene rings is 1. The Morgan fingerprint density at radius 2 is 1.88 bits per heavy atom. The van der Waals surface area contributed by atoms with Gasteiger partial charge in [-0.25, -0.2) is 4.90 Å². The van der Waals surface area contributed by atoms with E-state index in [4.69, 9.17) is 0 Å². The third kappa shape index (κ3) is 2.32. The summed E-state index contributed by atoms with van der Waals surface area (Å²) < 4.78 is 12.4. The Kier molecular flexibility index (Phi) is 3.44. The first-order valence-corrected chi connectivity index (χ1v) is 7.18. The van der Waals surface area contributed by atoms with Gasteiger partial charge in [-0.05, 0) is 31.2 Å². The van der Waals surface area contributed by atoms with E-state index in [2.05, 4.69) is 15.9 Å². The molecule has 2 atom stereocenters. The fourth-order valence-corrected chi connectivity index (χ4v) is 2.81. The number of nitrogens with zero attached hydrogens (tertiary/aromatic N) is 1. The molecule has 0 saturated carbocycles. The van der Waals surface area contributed by atoms with E-state index in [1.165, 1.54) is 0 Å². The molecule has 1 aromatic rings. The van der Waals surface area contributed by atoms with Gasteiger partial charge < -0.3 is 0 Å². The van der Waals surface area contributed by atoms with Gasteiger partial charge >= 0.3 is 0 Å². The van der Waals surface area contributed by atoms with Gasteiger partial charge in [0.1, 0.15) is 11.0 Å². The number of carbonyl (C=O) groups is 2. The summed E-state index contributed by atoms with van der Waals surface area (Å²) in [7, 11) is -1.39. The van der Waals surface area contributed by atoms with Crippen LogP contribution in [0.15, 0.2) is 28.7 Å². The summed E-state index contributed by atoms with van der Waals surface area (Å²) in [6.07, 6.45) is 0. The maximum atomic E-state index is 11.9. The summed E-state index contributed by atoms with van der Waals surface area (Å²) in [4.78, 5) is 24.8. The first kappa shape index (κ1) is 12.4. The van der Waals surface area contributed by atoms with Crippen LogP contribution in [0.3, 0.4) is 0 Å². The van der Waals surface area contributed by atoms with Crippen molar-refractivity contribution in [1.29, 1.82) is 0 Å². The van der Waals surface area contributed by atoms with Crippen LogP contribution in [0.1, 0.15) is 6.92 Å². The van der Waals surface area contributed by atoms with Crippen molar-refractivity contribution in [3.8, 4) is 0 Å². The molecule has 1 aromatic carbocycles. The van der Waals surface area contributed by atoms with E-state index in [-0.39, 0.29) is 5.75 Å². The molecule has 0 aliphatic carbocycles. The first-order chi connectivity index (χ1) is 8.00. The number of halogens is 1. The summed E-state index contributed by atoms with van der Waals surface area (Å²) in [6.45, 7) is 1.58. The van der Waals surface area contributed by atoms with Gasteiger partial charge in [-0.3, -0.25) is 13.8 Å². The molecular formula is C11H10BrNO3S. The lowest BCUT2D eigenvalue weighted by Crippen LogP contribution is -2.51. The maximum absolute atomic E-state index is 11.9. The van der Waals surface area contributed by atoms with Crippen LogP contribution in [0.4, 0.5) is 5.69 Å². The minimum atomic E-state index is -1.39. The van der Waals surface area contributed by atoms with E-state index in [9.17, 15) is 13.8 Å². The van der Waals surface area contributed by atoms with Crippen molar-refractivity contribution in [3.05, 3.63) is 28.7 Å². The Balaban J connectivity index is 2.37. The highest BCUT2D eigenvalue weighted by atomic mass is 79.9. The standard InChI is InChI=1S/C11H10BrNO3S/c1-7-11(15)13(10(14)6-17(7)16)9-4-2-8(12)3-5-9/h2-5,7H,6H2,1H3. The lowest BCUT2D eigenvalue weighted by atomic mass is 10.2. The second-order valence-corrected chi connectivity index (χ2v) is 6.38. The van der Waals surface area contributed by atoms with E-state index in [1.54, 1.807) is 31.2 Å². The molecule has 6 heteroatoms. The topological polar surface area (TPSA) is 54.5 Å². The van der Waals surface area contributed by atoms with E-state index in [1.807, 2.05) is 0 Å². The number of rotatable bonds is 1. The molecule has 4 nitrogen and oxygen atoms in total. The zero-order chi connectivity index (χ0) is 12.6. The molecule has 0 spiro atoms. The SMILES string of the molecule is CC1C(=O)N(c2ccc(Br)cc2)C(=O)CS1=O. The molecule has 2 amide bonds. The molecule has 1 fully saturated rings. The smallest absolute Gasteiger partial charge is 0.249 e. The molecule has 1 saturated heterocycles. The summed E-state index contributed by atoms with van der Waals surface area (Å²) in [6, 6.07) is 6.87. The summed E-state index contributed by atoms with van der Waals surface area (Å²) in [5, 5.41) is -0.628. The number of hydrogen-bond acceptors (Lipinski definition) is 3. The van der Waals surface area contributed by atoms with E-state index in [0.29, 0.717) is 5.69 Å². The highest BCUT2D eigenvalue weighted by Crippen LogP contribution is 2.23. The van der Waals surface area contributed by atoms with Crippen LogP contribution in [0.2, 0.25) is 0 Å². The van der Waals surface area contributed by atoms with Crippen molar-refractivity contribution in [1.82, 2.24) is 0 Å². The Morgan fingerprint density at radius 3 is 2.47 bits per heavy atom. The van der Waals surface area contributed by atoms with Gasteiger partial charge in [-0.1, -0.05) is 15.9 Å². The zero-order valence-electron chi connectivity index (χ0n) is 9.05. The Labute approximate surface area is 110 Å². The first-order valence-electron chi connectivity index (χ1n) is 5.00. The Hall–Kier alpha value is -1.01. The quantitative estimate of drug-likeness (QED) is 0.737. The summed E-state index contributed by atoms with van der Waals surface area (Å²) in [5.41, 5.74) is 0.520. The van der Waals surface area contributed by atoms with Crippen molar-refractivity contribution in [2.24, 2.45) is 0 Å². The predicted octanol–water partition coefficient (Wildman–Crippen LogP) is 1.46. The van der Waals surface area contributed by atoms with E-state index >= 15 is 0 Å². The van der Waals surface area contributed by atoms with E-state index in [0.717, 1.165) is 9.37 Å². The van der Waals surface area contributed by atoms with Gasteiger partial charge in [0.05, 0.1) is 5.69 Å². The molecule has 1 heterocycles. The third-order valence-electron chi connectivity index (χ3n) is 2.56. The van der Waals surface area contributed by atoms with Crippen molar-refractivity contribution < 1.29 is 13.8 Å². The molecule has 17 heavy (non-hydrogen) atoms. The van der Waals surface area contributed by atoms with Crippen molar-refractivity contribution >= 4 is 44.2 Å². The lowest BCUT2D eigenvalue weighted by molar-refractivity contribution is -0.125. The van der Waals surface area contributed by atoms with Gasteiger partial charge in [0.15, 0.2) is 0 Å². The Morgan fingerprint density at radius 1 is 1.29 bits per heavy atom. The summed E-state index contributed by atoms with van der Waals surface area (Å²) >= 11 is 3.28. The average Bonchev–Trinajstić information content (AvgIpc) is 2.29. The molecule has 1 aliphatic heterocycles. The molecule has 2 rings (SSSR count). The van der Waals surface area contributed by atoms with Crippen LogP contribution in [0.5, 0.6) is 0 Å². The highest BCUT2D eigenvalue weighted by Gasteiger charge is 2.37. The van der Waals surface area contributed by atoms with Crippen LogP contribution in [0, 0.1) is 0 Å². The van der Waals surface area contributed by atoms with Crippen LogP contribution in [-0.2, 0) is 20.4 Å². The maximum Gasteiger partial charge on any atom is 0.249 e. The second-order valence-electron chi connectivity index (χ2n) is 3.71. The minimum Gasteiger partial charge on any atom is -0.273 e. The minimum absolute atomic E-state index is 0.0943. The number of anilines is 1. The number of hydrogen-bond donors (Lipinski definition) is 0. The normalized spacial score (nSPS) is 25.2. The largest absolute Gasteiger partial charge is 0.273 e. The van der Waals surface area contributed by atoms with E-state index < -0.39 is 27.9 Å². The molecule has 0 bridgehead atoms. The zero-order valence-corrected chi connectivity index (χ0v) is 11.5. The second kappa shape index (κ2) is 4.70. The molecule has 0 aromatic heterocycles. The molecule has 1 aliphatic rings. The molecule has 2 unspecified atom stereocenters. The van der Waals surface area contributed by atoms with Gasteiger partial charge in [-0.2, -0.15) is 0 Å². The van der Waals surface area contributed by atoms with Gasteiger partial charge in [-0.15, -0.1) is 0 Å². The van der Waals surface area contributed by atoms with Crippen molar-refractivity contribution in [2.75, 3.05) is 10.7 Å². The van der Waals surface area contributed by atoms with Crippen LogP contribution < -0.4 is 4.90 Å². The number of carbonyl (C=O) groups excluding carboxylic acids is 2. The van der Waals surface area contributed by atoms with Crippen LogP contribution in [0.25, 0.3) is 0 Å². The fraction of sp³-hybridized carbons (Fsp3) is 0.273. The number of imide groups is 1. The summed E-state index contributed by atoms with van der Waals surface area (Å²) in [5.74, 6) is -0.904. The Bertz CT molecular complexity index is 500. The molecule has 0 radical (unpaired) electrons. The fourth-order valence-electron chi connectivity index (χ4n) is 1.59. The predicted molar refractivity (Wildman–Crippen MR) is 69.1 cm³/mol. The number of amides is 2. The average molecular weight is 316 g/mol. The lowest BCUT2D eigenvalue weighted by Gasteiger charge is -2.28. The third-order valence-corrected chi connectivity index (χ3v) is 4.61.